The van der Waals surface area contributed by atoms with Gasteiger partial charge in [-0.3, -0.25) is 0 Å². The zero-order valence-corrected chi connectivity index (χ0v) is 29.7. The van der Waals surface area contributed by atoms with Gasteiger partial charge in [0.1, 0.15) is 0 Å². The van der Waals surface area contributed by atoms with Crippen LogP contribution in [0.3, 0.4) is 0 Å². The van der Waals surface area contributed by atoms with Gasteiger partial charge in [0.05, 0.1) is 11.6 Å². The lowest BCUT2D eigenvalue weighted by Gasteiger charge is -2.41. The molecule has 0 saturated carbocycles. The van der Waals surface area contributed by atoms with Gasteiger partial charge in [0.2, 0.25) is 0 Å². The molecule has 0 saturated heterocycles. The van der Waals surface area contributed by atoms with Gasteiger partial charge in [-0.25, -0.2) is 0 Å². The predicted octanol–water partition coefficient (Wildman–Crippen LogP) is 11.4. The molecule has 0 amide bonds. The van der Waals surface area contributed by atoms with E-state index in [0.29, 0.717) is 5.56 Å². The van der Waals surface area contributed by atoms with E-state index in [0.717, 1.165) is 22.5 Å². The Morgan fingerprint density at radius 2 is 1.19 bits per heavy atom. The molecule has 0 radical (unpaired) electrons. The Hall–Kier alpha value is -7.09. The average molecular weight is 686 g/mol. The molecule has 0 N–H and O–H groups in total. The van der Waals surface area contributed by atoms with Crippen LogP contribution in [0.4, 0.5) is 17.1 Å². The molecule has 3 heterocycles. The molecule has 11 rings (SSSR count). The van der Waals surface area contributed by atoms with E-state index in [9.17, 15) is 5.26 Å². The lowest BCUT2D eigenvalue weighted by atomic mass is 9.44. The Morgan fingerprint density at radius 3 is 1.94 bits per heavy atom. The number of nitrogens with zero attached hydrogens (tertiary/aromatic N) is 3. The molecule has 8 aromatic carbocycles. The summed E-state index contributed by atoms with van der Waals surface area (Å²) >= 11 is 0. The van der Waals surface area contributed by atoms with Gasteiger partial charge in [-0.05, 0) is 123 Å². The van der Waals surface area contributed by atoms with Gasteiger partial charge in [0.15, 0.2) is 0 Å². The molecule has 0 aliphatic carbocycles. The minimum Gasteiger partial charge on any atom is -0.375 e. The van der Waals surface area contributed by atoms with E-state index in [2.05, 4.69) is 180 Å². The molecule has 0 bridgehead atoms. The maximum atomic E-state index is 9.96. The van der Waals surface area contributed by atoms with Crippen LogP contribution in [0.2, 0.25) is 0 Å². The number of hydrogen-bond donors (Lipinski definition) is 0. The number of rotatable bonds is 4. The molecule has 250 valence electrons. The number of nitriles is 1. The third-order valence-corrected chi connectivity index (χ3v) is 11.5. The van der Waals surface area contributed by atoms with Crippen molar-refractivity contribution >= 4 is 56.6 Å². The quantitative estimate of drug-likeness (QED) is 0.173. The first-order valence-electron chi connectivity index (χ1n) is 18.5. The highest BCUT2D eigenvalue weighted by Gasteiger charge is 2.43. The van der Waals surface area contributed by atoms with Crippen molar-refractivity contribution in [2.45, 2.75) is 6.92 Å². The highest BCUT2D eigenvalue weighted by Crippen LogP contribution is 2.49. The minimum absolute atomic E-state index is 0.0537. The van der Waals surface area contributed by atoms with Crippen LogP contribution in [0.15, 0.2) is 176 Å². The van der Waals surface area contributed by atoms with Crippen LogP contribution < -0.4 is 15.8 Å². The zero-order chi connectivity index (χ0) is 35.9. The van der Waals surface area contributed by atoms with Crippen LogP contribution in [0.25, 0.3) is 66.3 Å². The van der Waals surface area contributed by atoms with Gasteiger partial charge < -0.3 is 9.38 Å². The summed E-state index contributed by atoms with van der Waals surface area (Å²) in [4.78, 5) is 2.45. The number of aromatic nitrogens is 1. The molecule has 3 nitrogen and oxygen atoms in total. The van der Waals surface area contributed by atoms with Crippen LogP contribution in [0.1, 0.15) is 11.1 Å². The molecule has 0 atom stereocenters. The van der Waals surface area contributed by atoms with Gasteiger partial charge in [-0.15, -0.1) is 0 Å². The van der Waals surface area contributed by atoms with Crippen molar-refractivity contribution in [2.75, 3.05) is 4.90 Å². The van der Waals surface area contributed by atoms with E-state index in [1.165, 1.54) is 77.4 Å². The maximum Gasteiger partial charge on any atom is 0.333 e. The minimum atomic E-state index is -0.0537. The van der Waals surface area contributed by atoms with Crippen molar-refractivity contribution in [1.29, 1.82) is 5.26 Å². The fraction of sp³-hybridized carbons (Fsp3) is 0.0200. The fourth-order valence-electron chi connectivity index (χ4n) is 9.23. The lowest BCUT2D eigenvalue weighted by Crippen LogP contribution is -2.56. The molecule has 0 fully saturated rings. The monoisotopic (exact) mass is 685 g/mol. The highest BCUT2D eigenvalue weighted by atomic mass is 15.2. The third kappa shape index (κ3) is 4.36. The van der Waals surface area contributed by atoms with Gasteiger partial charge in [0, 0.05) is 44.4 Å². The second-order valence-electron chi connectivity index (χ2n) is 14.4. The Labute approximate surface area is 314 Å². The molecular weight excluding hydrogens is 653 g/mol. The van der Waals surface area contributed by atoms with Crippen molar-refractivity contribution in [3.05, 3.63) is 187 Å². The molecule has 2 aliphatic heterocycles. The Balaban J connectivity index is 1.33. The molecule has 54 heavy (non-hydrogen) atoms. The van der Waals surface area contributed by atoms with Gasteiger partial charge in [-0.2, -0.15) is 5.26 Å². The summed E-state index contributed by atoms with van der Waals surface area (Å²) in [5, 5.41) is 12.5. The van der Waals surface area contributed by atoms with Gasteiger partial charge >= 0.3 is 6.85 Å². The van der Waals surface area contributed by atoms with Crippen molar-refractivity contribution in [2.24, 2.45) is 0 Å². The van der Waals surface area contributed by atoms with Crippen LogP contribution in [0.5, 0.6) is 0 Å². The summed E-state index contributed by atoms with van der Waals surface area (Å²) in [6.07, 6.45) is 0. The van der Waals surface area contributed by atoms with Crippen molar-refractivity contribution in [3.8, 4) is 50.6 Å². The smallest absolute Gasteiger partial charge is 0.333 e. The van der Waals surface area contributed by atoms with Crippen LogP contribution in [-0.2, 0) is 0 Å². The number of fused-ring (bicyclic) bond motifs is 7. The largest absolute Gasteiger partial charge is 0.375 e. The van der Waals surface area contributed by atoms with Crippen molar-refractivity contribution < 1.29 is 0 Å². The molecule has 2 aliphatic rings. The number of anilines is 3. The first-order chi connectivity index (χ1) is 26.7. The Morgan fingerprint density at radius 1 is 0.519 bits per heavy atom. The molecule has 9 aromatic rings. The second kappa shape index (κ2) is 11.7. The number of hydrogen-bond acceptors (Lipinski definition) is 2. The Kier molecular flexibility index (Phi) is 6.62. The number of benzene rings is 8. The topological polar surface area (TPSA) is 32.0 Å². The van der Waals surface area contributed by atoms with E-state index in [-0.39, 0.29) is 6.85 Å². The predicted molar refractivity (Wildman–Crippen MR) is 226 cm³/mol. The highest BCUT2D eigenvalue weighted by molar-refractivity contribution is 6.90. The van der Waals surface area contributed by atoms with Gasteiger partial charge in [0.25, 0.3) is 0 Å². The molecule has 4 heteroatoms. The van der Waals surface area contributed by atoms with Crippen LogP contribution >= 0.6 is 0 Å². The van der Waals surface area contributed by atoms with Crippen molar-refractivity contribution in [1.82, 2.24) is 4.48 Å². The second-order valence-corrected chi connectivity index (χ2v) is 14.4. The SMILES string of the molecule is Cc1c(-c2cccc(C#N)c2)cc2c3c1-c1cc(-c4ccccc4)cc4c5cc(-c6ccccc6)ccc5n(c14)B3c1ccccc1N2c1ccccc1. The maximum absolute atomic E-state index is 9.96. The summed E-state index contributed by atoms with van der Waals surface area (Å²) < 4.78 is 2.63. The molecular formula is C50H32BN3. The fourth-order valence-corrected chi connectivity index (χ4v) is 9.23. The first kappa shape index (κ1) is 30.5. The Bertz CT molecular complexity index is 3010. The first-order valence-corrected chi connectivity index (χ1v) is 18.5. The van der Waals surface area contributed by atoms with Crippen molar-refractivity contribution in [3.63, 3.8) is 0 Å². The summed E-state index contributed by atoms with van der Waals surface area (Å²) in [6, 6.07) is 65.8. The van der Waals surface area contributed by atoms with E-state index in [4.69, 9.17) is 0 Å². The summed E-state index contributed by atoms with van der Waals surface area (Å²) in [6.45, 7) is 2.23. The molecule has 0 spiro atoms. The third-order valence-electron chi connectivity index (χ3n) is 11.5. The van der Waals surface area contributed by atoms with E-state index < -0.39 is 0 Å². The van der Waals surface area contributed by atoms with Crippen LogP contribution in [0, 0.1) is 18.3 Å². The molecule has 0 unspecified atom stereocenters. The van der Waals surface area contributed by atoms with E-state index >= 15 is 0 Å². The standard InChI is InChI=1S/C50H32BN3/c1-32-40(37-19-13-14-33(26-37)31-52)30-47-49-48(32)43-29-38(35-17-7-3-8-18-35)28-42-41-27-36(34-15-5-2-6-16-34)24-25-45(41)54(50(42)43)51(49)44-22-11-12-23-46(44)53(47)39-20-9-4-10-21-39/h2-30H,1H3. The normalized spacial score (nSPS) is 12.4. The average Bonchev–Trinajstić information content (AvgIpc) is 3.57. The van der Waals surface area contributed by atoms with E-state index in [1.54, 1.807) is 0 Å². The van der Waals surface area contributed by atoms with E-state index in [1.807, 2.05) is 18.2 Å². The summed E-state index contributed by atoms with van der Waals surface area (Å²) in [5.41, 5.74) is 19.9. The zero-order valence-electron chi connectivity index (χ0n) is 29.7. The van der Waals surface area contributed by atoms with Gasteiger partial charge in [-0.1, -0.05) is 115 Å². The summed E-state index contributed by atoms with van der Waals surface area (Å²) in [5.74, 6) is 0. The molecule has 1 aromatic heterocycles. The lowest BCUT2D eigenvalue weighted by molar-refractivity contribution is 1.25. The van der Waals surface area contributed by atoms with Crippen LogP contribution in [-0.4, -0.2) is 11.3 Å². The number of para-hydroxylation sites is 2. The summed E-state index contributed by atoms with van der Waals surface area (Å²) in [7, 11) is 0.